The lowest BCUT2D eigenvalue weighted by Gasteiger charge is -2.30. The number of pyridine rings is 1. The summed E-state index contributed by atoms with van der Waals surface area (Å²) in [7, 11) is 0. The zero-order chi connectivity index (χ0) is 19.8. The van der Waals surface area contributed by atoms with E-state index in [0.29, 0.717) is 5.56 Å². The minimum atomic E-state index is -0.00740. The number of carbonyl (C=O) groups excluding carboxylic acids is 1. The number of unbranched alkanes of at least 4 members (excludes halogenated alkanes) is 1. The highest BCUT2D eigenvalue weighted by atomic mass is 79.9. The van der Waals surface area contributed by atoms with Crippen molar-refractivity contribution in [2.45, 2.75) is 42.5 Å². The number of likely N-dealkylation sites (tertiary alicyclic amines) is 1. The van der Waals surface area contributed by atoms with Gasteiger partial charge in [0.25, 0.3) is 5.91 Å². The van der Waals surface area contributed by atoms with E-state index in [1.54, 1.807) is 6.20 Å². The Morgan fingerprint density at radius 2 is 2.00 bits per heavy atom. The summed E-state index contributed by atoms with van der Waals surface area (Å²) in [4.78, 5) is 20.5. The maximum atomic E-state index is 12.6. The Balaban J connectivity index is 1.44. The molecule has 0 atom stereocenters. The van der Waals surface area contributed by atoms with Crippen LogP contribution in [0.5, 0.6) is 0 Å². The molecule has 0 saturated carbocycles. The lowest BCUT2D eigenvalue weighted by atomic mass is 9.99. The van der Waals surface area contributed by atoms with Gasteiger partial charge in [-0.05, 0) is 91.4 Å². The van der Waals surface area contributed by atoms with E-state index in [2.05, 4.69) is 38.1 Å². The molecule has 150 valence electrons. The van der Waals surface area contributed by atoms with Gasteiger partial charge in [-0.2, -0.15) is 0 Å². The number of amides is 1. The Bertz CT molecular complexity index is 761. The van der Waals surface area contributed by atoms with Gasteiger partial charge < -0.3 is 10.2 Å². The van der Waals surface area contributed by atoms with Crippen molar-refractivity contribution in [3.63, 3.8) is 0 Å². The van der Waals surface area contributed by atoms with Crippen LogP contribution in [0.2, 0.25) is 0 Å². The van der Waals surface area contributed by atoms with E-state index in [1.807, 2.05) is 36.4 Å². The highest BCUT2D eigenvalue weighted by molar-refractivity contribution is 9.10. The average molecular weight is 462 g/mol. The van der Waals surface area contributed by atoms with E-state index < -0.39 is 0 Å². The molecule has 1 fully saturated rings. The monoisotopic (exact) mass is 461 g/mol. The fourth-order valence-electron chi connectivity index (χ4n) is 3.32. The third-order valence-corrected chi connectivity index (χ3v) is 6.61. The van der Waals surface area contributed by atoms with Crippen LogP contribution in [0.3, 0.4) is 0 Å². The van der Waals surface area contributed by atoms with Crippen molar-refractivity contribution in [1.82, 2.24) is 15.2 Å². The number of carbonyl (C=O) groups is 1. The highest BCUT2D eigenvalue weighted by Crippen LogP contribution is 2.29. The second-order valence-electron chi connectivity index (χ2n) is 7.40. The number of aromatic nitrogens is 1. The van der Waals surface area contributed by atoms with Gasteiger partial charge in [-0.1, -0.05) is 30.8 Å². The summed E-state index contributed by atoms with van der Waals surface area (Å²) >= 11 is 4.91. The lowest BCUT2D eigenvalue weighted by molar-refractivity contribution is 0.0949. The van der Waals surface area contributed by atoms with Crippen LogP contribution in [-0.2, 0) is 0 Å². The molecule has 2 heterocycles. The minimum absolute atomic E-state index is 0.00740. The Morgan fingerprint density at radius 1 is 1.21 bits per heavy atom. The molecule has 0 radical (unpaired) electrons. The zero-order valence-electron chi connectivity index (χ0n) is 16.4. The first-order valence-corrected chi connectivity index (χ1v) is 11.6. The van der Waals surface area contributed by atoms with Crippen LogP contribution in [-0.4, -0.2) is 42.0 Å². The molecule has 1 aromatic heterocycles. The first kappa shape index (κ1) is 21.3. The zero-order valence-corrected chi connectivity index (χ0v) is 18.8. The maximum absolute atomic E-state index is 12.6. The molecule has 0 bridgehead atoms. The number of benzene rings is 1. The predicted octanol–water partition coefficient (Wildman–Crippen LogP) is 5.24. The van der Waals surface area contributed by atoms with E-state index in [4.69, 9.17) is 0 Å². The molecule has 4 nitrogen and oxygen atoms in total. The first-order chi connectivity index (χ1) is 13.6. The second-order valence-corrected chi connectivity index (χ2v) is 9.38. The van der Waals surface area contributed by atoms with E-state index in [9.17, 15) is 4.79 Å². The van der Waals surface area contributed by atoms with Crippen LogP contribution >= 0.6 is 27.7 Å². The van der Waals surface area contributed by atoms with Crippen LogP contribution in [0.4, 0.5) is 0 Å². The summed E-state index contributed by atoms with van der Waals surface area (Å²) < 4.78 is 0.946. The number of rotatable bonds is 8. The summed E-state index contributed by atoms with van der Waals surface area (Å²) in [5.74, 6) is 0.869. The molecule has 1 aromatic carbocycles. The van der Waals surface area contributed by atoms with Gasteiger partial charge in [0.15, 0.2) is 0 Å². The molecular formula is C22H28BrN3OS. The third-order valence-electron chi connectivity index (χ3n) is 5.11. The van der Waals surface area contributed by atoms with Crippen LogP contribution in [0, 0.1) is 5.92 Å². The Morgan fingerprint density at radius 3 is 2.75 bits per heavy atom. The number of hydrogen-bond acceptors (Lipinski definition) is 4. The van der Waals surface area contributed by atoms with E-state index in [-0.39, 0.29) is 5.91 Å². The third kappa shape index (κ3) is 6.61. The summed E-state index contributed by atoms with van der Waals surface area (Å²) in [5, 5.41) is 3.95. The molecule has 0 spiro atoms. The van der Waals surface area contributed by atoms with Crippen molar-refractivity contribution in [3.05, 3.63) is 52.6 Å². The molecule has 0 unspecified atom stereocenters. The van der Waals surface area contributed by atoms with Gasteiger partial charge in [-0.3, -0.25) is 4.79 Å². The summed E-state index contributed by atoms with van der Waals surface area (Å²) in [6.45, 7) is 6.66. The van der Waals surface area contributed by atoms with Gasteiger partial charge in [-0.25, -0.2) is 4.98 Å². The van der Waals surface area contributed by atoms with E-state index in [0.717, 1.165) is 46.2 Å². The molecule has 1 saturated heterocycles. The average Bonchev–Trinajstić information content (AvgIpc) is 2.71. The van der Waals surface area contributed by atoms with Gasteiger partial charge in [0.1, 0.15) is 5.03 Å². The number of nitrogens with one attached hydrogen (secondary N) is 1. The van der Waals surface area contributed by atoms with Crippen molar-refractivity contribution < 1.29 is 4.79 Å². The molecule has 0 aliphatic carbocycles. The Labute approximate surface area is 180 Å². The Hall–Kier alpha value is -1.37. The molecule has 6 heteroatoms. The maximum Gasteiger partial charge on any atom is 0.252 e. The molecule has 28 heavy (non-hydrogen) atoms. The van der Waals surface area contributed by atoms with Crippen LogP contribution in [0.1, 0.15) is 43.0 Å². The van der Waals surface area contributed by atoms with Gasteiger partial charge in [-0.15, -0.1) is 0 Å². The SMILES string of the molecule is CC1CCN(CCCCNC(=O)c2ccccc2Sc2ccc(Br)cn2)CC1. The largest absolute Gasteiger partial charge is 0.352 e. The summed E-state index contributed by atoms with van der Waals surface area (Å²) in [5.41, 5.74) is 0.710. The summed E-state index contributed by atoms with van der Waals surface area (Å²) in [6.07, 6.45) is 6.56. The molecule has 1 aliphatic rings. The number of nitrogens with zero attached hydrogens (tertiary/aromatic N) is 2. The molecule has 3 rings (SSSR count). The van der Waals surface area contributed by atoms with Crippen molar-refractivity contribution in [2.75, 3.05) is 26.2 Å². The lowest BCUT2D eigenvalue weighted by Crippen LogP contribution is -2.34. The van der Waals surface area contributed by atoms with Crippen LogP contribution in [0.15, 0.2) is 57.0 Å². The highest BCUT2D eigenvalue weighted by Gasteiger charge is 2.15. The molecule has 1 amide bonds. The number of hydrogen-bond donors (Lipinski definition) is 1. The summed E-state index contributed by atoms with van der Waals surface area (Å²) in [6, 6.07) is 11.6. The van der Waals surface area contributed by atoms with Crippen LogP contribution in [0.25, 0.3) is 0 Å². The van der Waals surface area contributed by atoms with E-state index >= 15 is 0 Å². The standard InChI is InChI=1S/C22H28BrN3OS/c1-17-10-14-26(15-11-17)13-5-4-12-24-22(27)19-6-2-3-7-20(19)28-21-9-8-18(23)16-25-21/h2-3,6-9,16-17H,4-5,10-15H2,1H3,(H,24,27). The predicted molar refractivity (Wildman–Crippen MR) is 119 cm³/mol. The van der Waals surface area contributed by atoms with Crippen molar-refractivity contribution >= 4 is 33.6 Å². The second kappa shape index (κ2) is 11.0. The van der Waals surface area contributed by atoms with Gasteiger partial charge in [0.2, 0.25) is 0 Å². The molecule has 2 aromatic rings. The quantitative estimate of drug-likeness (QED) is 0.546. The number of halogens is 1. The minimum Gasteiger partial charge on any atom is -0.352 e. The van der Waals surface area contributed by atoms with Crippen molar-refractivity contribution in [3.8, 4) is 0 Å². The molecule has 1 N–H and O–H groups in total. The van der Waals surface area contributed by atoms with Crippen molar-refractivity contribution in [1.29, 1.82) is 0 Å². The fraction of sp³-hybridized carbons (Fsp3) is 0.455. The van der Waals surface area contributed by atoms with Crippen molar-refractivity contribution in [2.24, 2.45) is 5.92 Å². The number of piperidine rings is 1. The topological polar surface area (TPSA) is 45.2 Å². The smallest absolute Gasteiger partial charge is 0.252 e. The van der Waals surface area contributed by atoms with Gasteiger partial charge >= 0.3 is 0 Å². The molecular weight excluding hydrogens is 434 g/mol. The fourth-order valence-corrected chi connectivity index (χ4v) is 4.44. The van der Waals surface area contributed by atoms with Gasteiger partial charge in [0, 0.05) is 22.1 Å². The first-order valence-electron chi connectivity index (χ1n) is 10.0. The molecule has 1 aliphatic heterocycles. The van der Waals surface area contributed by atoms with E-state index in [1.165, 1.54) is 37.7 Å². The van der Waals surface area contributed by atoms with Crippen LogP contribution < -0.4 is 5.32 Å². The van der Waals surface area contributed by atoms with Gasteiger partial charge in [0.05, 0.1) is 5.56 Å². The normalized spacial score (nSPS) is 15.5. The Kier molecular flexibility index (Phi) is 8.37.